The van der Waals surface area contributed by atoms with Gasteiger partial charge in [-0.1, -0.05) is 87.8 Å². The van der Waals surface area contributed by atoms with E-state index in [0.29, 0.717) is 21.5 Å². The molecule has 0 fully saturated rings. The summed E-state index contributed by atoms with van der Waals surface area (Å²) in [6.45, 7) is 3.32. The molecule has 0 saturated heterocycles. The number of carbonyl (C=O) groups excluding carboxylic acids is 4. The van der Waals surface area contributed by atoms with E-state index >= 15 is 0 Å². The normalized spacial score (nSPS) is 16.4. The molecule has 0 saturated carbocycles. The summed E-state index contributed by atoms with van der Waals surface area (Å²) in [4.78, 5) is 59.6. The predicted molar refractivity (Wildman–Crippen MR) is 157 cm³/mol. The molecule has 3 aromatic carbocycles. The number of carbonyl (C=O) groups is 4. The summed E-state index contributed by atoms with van der Waals surface area (Å²) in [5, 5.41) is 0.233. The first kappa shape index (κ1) is 27.5. The number of imide groups is 1. The molecule has 2 heterocycles. The molecule has 6 rings (SSSR count). The average Bonchev–Trinajstić information content (AvgIpc) is 3.35. The lowest BCUT2D eigenvalue weighted by Crippen LogP contribution is -2.30. The molecule has 1 aliphatic carbocycles. The molecule has 0 bridgehead atoms. The number of benzene rings is 3. The molecule has 12 heteroatoms. The van der Waals surface area contributed by atoms with Crippen molar-refractivity contribution in [1.82, 2.24) is 4.98 Å². The molecular formula is C28H12Cl6N2O4. The topological polar surface area (TPSA) is 84.4 Å². The van der Waals surface area contributed by atoms with Gasteiger partial charge in [-0.05, 0) is 37.1 Å². The highest BCUT2D eigenvalue weighted by Gasteiger charge is 2.45. The van der Waals surface area contributed by atoms with Gasteiger partial charge in [0.15, 0.2) is 11.6 Å². The molecule has 0 radical (unpaired) electrons. The number of halogens is 6. The SMILES string of the molecule is Cc1c(Cl)c(C)c2c(c1Cl)C(=O)C(c1ccc3cccc(N4C(=O)c5c(Cl)c(Cl)c(Cl)c(Cl)c5C4=O)c3n1)C2=O. The van der Waals surface area contributed by atoms with E-state index in [1.54, 1.807) is 38.1 Å². The number of pyridine rings is 1. The minimum atomic E-state index is -1.29. The summed E-state index contributed by atoms with van der Waals surface area (Å²) in [6, 6.07) is 8.03. The summed E-state index contributed by atoms with van der Waals surface area (Å²) in [5.41, 5.74) is 1.24. The van der Waals surface area contributed by atoms with Crippen molar-refractivity contribution in [3.05, 3.63) is 99.5 Å². The number of ketones is 2. The second-order valence-electron chi connectivity index (χ2n) is 9.33. The number of aromatic nitrogens is 1. The summed E-state index contributed by atoms with van der Waals surface area (Å²) < 4.78 is 0. The minimum Gasteiger partial charge on any atom is -0.293 e. The number of amides is 2. The van der Waals surface area contributed by atoms with Gasteiger partial charge in [0.25, 0.3) is 11.8 Å². The van der Waals surface area contributed by atoms with Crippen LogP contribution in [0.25, 0.3) is 10.9 Å². The van der Waals surface area contributed by atoms with Crippen LogP contribution < -0.4 is 4.90 Å². The Morgan fingerprint density at radius 3 is 1.80 bits per heavy atom. The number of para-hydroxylation sites is 1. The van der Waals surface area contributed by atoms with Crippen LogP contribution in [-0.4, -0.2) is 28.4 Å². The molecule has 2 aliphatic rings. The van der Waals surface area contributed by atoms with Gasteiger partial charge < -0.3 is 0 Å². The first-order valence-electron chi connectivity index (χ1n) is 11.6. The van der Waals surface area contributed by atoms with Gasteiger partial charge in [-0.3, -0.25) is 19.2 Å². The molecule has 1 aromatic heterocycles. The third kappa shape index (κ3) is 3.54. The first-order chi connectivity index (χ1) is 18.9. The Kier molecular flexibility index (Phi) is 6.46. The van der Waals surface area contributed by atoms with E-state index in [1.807, 2.05) is 0 Å². The van der Waals surface area contributed by atoms with E-state index in [-0.39, 0.29) is 64.3 Å². The van der Waals surface area contributed by atoms with Gasteiger partial charge in [0.05, 0.1) is 53.1 Å². The molecule has 40 heavy (non-hydrogen) atoms. The van der Waals surface area contributed by atoms with Crippen molar-refractivity contribution in [1.29, 1.82) is 0 Å². The maximum Gasteiger partial charge on any atom is 0.267 e. The Labute approximate surface area is 256 Å². The highest BCUT2D eigenvalue weighted by molar-refractivity contribution is 6.56. The molecule has 0 N–H and O–H groups in total. The van der Waals surface area contributed by atoms with E-state index in [9.17, 15) is 19.2 Å². The maximum atomic E-state index is 13.6. The fraction of sp³-hybridized carbons (Fsp3) is 0.107. The molecule has 1 atom stereocenters. The van der Waals surface area contributed by atoms with Crippen molar-refractivity contribution in [2.45, 2.75) is 19.8 Å². The van der Waals surface area contributed by atoms with Crippen LogP contribution >= 0.6 is 69.6 Å². The lowest BCUT2D eigenvalue weighted by molar-refractivity contribution is 0.0881. The van der Waals surface area contributed by atoms with Crippen LogP contribution in [-0.2, 0) is 0 Å². The van der Waals surface area contributed by atoms with Crippen LogP contribution in [0.1, 0.15) is 64.2 Å². The van der Waals surface area contributed by atoms with Gasteiger partial charge in [-0.15, -0.1) is 0 Å². The minimum absolute atomic E-state index is 0.0911. The van der Waals surface area contributed by atoms with Crippen molar-refractivity contribution in [3.8, 4) is 0 Å². The molecule has 200 valence electrons. The maximum absolute atomic E-state index is 13.6. The third-order valence-electron chi connectivity index (χ3n) is 7.21. The molecule has 4 aromatic rings. The van der Waals surface area contributed by atoms with Crippen molar-refractivity contribution in [2.24, 2.45) is 0 Å². The number of Topliss-reactive ketones (excluding diaryl/α,β-unsaturated/α-hetero) is 2. The monoisotopic (exact) mass is 650 g/mol. The molecule has 1 unspecified atom stereocenters. The van der Waals surface area contributed by atoms with Gasteiger partial charge in [0.2, 0.25) is 0 Å². The van der Waals surface area contributed by atoms with Crippen molar-refractivity contribution in [3.63, 3.8) is 0 Å². The summed E-state index contributed by atoms with van der Waals surface area (Å²) in [5.74, 6) is -3.85. The second kappa shape index (κ2) is 9.41. The number of nitrogens with zero attached hydrogens (tertiary/aromatic N) is 2. The fourth-order valence-corrected chi connectivity index (χ4v) is 6.78. The highest BCUT2D eigenvalue weighted by Crippen LogP contribution is 2.47. The molecule has 0 spiro atoms. The number of rotatable bonds is 2. The van der Waals surface area contributed by atoms with Crippen LogP contribution in [0.15, 0.2) is 30.3 Å². The Balaban J connectivity index is 1.52. The fourth-order valence-electron chi connectivity index (χ4n) is 5.24. The second-order valence-corrected chi connectivity index (χ2v) is 11.6. The summed E-state index contributed by atoms with van der Waals surface area (Å²) in [6.07, 6.45) is 0. The van der Waals surface area contributed by atoms with Gasteiger partial charge in [-0.25, -0.2) is 9.88 Å². The average molecular weight is 653 g/mol. The van der Waals surface area contributed by atoms with Crippen LogP contribution in [0, 0.1) is 13.8 Å². The van der Waals surface area contributed by atoms with Crippen molar-refractivity contribution >= 4 is 110 Å². The van der Waals surface area contributed by atoms with Crippen LogP contribution in [0.3, 0.4) is 0 Å². The largest absolute Gasteiger partial charge is 0.293 e. The molecule has 1 aliphatic heterocycles. The standard InChI is InChI=1S/C28H12Cl6N2O4/c1-8-13-15(19(30)9(2)18(8)29)26(38)14(25(13)37)11-7-6-10-4-3-5-12(24(10)35-11)36-27(39)16-17(28(36)40)21(32)23(34)22(33)20(16)31/h3-7,14H,1-2H3. The van der Waals surface area contributed by atoms with Crippen LogP contribution in [0.5, 0.6) is 0 Å². The van der Waals surface area contributed by atoms with E-state index in [0.717, 1.165) is 4.90 Å². The quantitative estimate of drug-likeness (QED) is 0.0936. The van der Waals surface area contributed by atoms with Crippen molar-refractivity contribution in [2.75, 3.05) is 4.90 Å². The van der Waals surface area contributed by atoms with E-state index < -0.39 is 29.3 Å². The third-order valence-corrected chi connectivity index (χ3v) is 10.0. The van der Waals surface area contributed by atoms with Crippen molar-refractivity contribution < 1.29 is 19.2 Å². The summed E-state index contributed by atoms with van der Waals surface area (Å²) in [7, 11) is 0. The lowest BCUT2D eigenvalue weighted by Gasteiger charge is -2.17. The zero-order valence-electron chi connectivity index (χ0n) is 20.3. The van der Waals surface area contributed by atoms with Crippen LogP contribution in [0.2, 0.25) is 30.1 Å². The highest BCUT2D eigenvalue weighted by atomic mass is 35.5. The Hall–Kier alpha value is -2.71. The lowest BCUT2D eigenvalue weighted by atomic mass is 9.97. The number of hydrogen-bond acceptors (Lipinski definition) is 5. The van der Waals surface area contributed by atoms with E-state index in [1.165, 1.54) is 6.07 Å². The number of fused-ring (bicyclic) bond motifs is 3. The molecular weight excluding hydrogens is 641 g/mol. The van der Waals surface area contributed by atoms with Gasteiger partial charge >= 0.3 is 0 Å². The zero-order chi connectivity index (χ0) is 28.9. The molecule has 2 amide bonds. The van der Waals surface area contributed by atoms with Gasteiger partial charge in [0.1, 0.15) is 5.92 Å². The number of anilines is 1. The van der Waals surface area contributed by atoms with Crippen LogP contribution in [0.4, 0.5) is 5.69 Å². The zero-order valence-corrected chi connectivity index (χ0v) is 24.8. The first-order valence-corrected chi connectivity index (χ1v) is 13.9. The Morgan fingerprint density at radius 1 is 0.625 bits per heavy atom. The summed E-state index contributed by atoms with van der Waals surface area (Å²) >= 11 is 37.7. The van der Waals surface area contributed by atoms with E-state index in [2.05, 4.69) is 4.98 Å². The Morgan fingerprint density at radius 2 is 1.20 bits per heavy atom. The van der Waals surface area contributed by atoms with E-state index in [4.69, 9.17) is 69.6 Å². The Bertz CT molecular complexity index is 1840. The van der Waals surface area contributed by atoms with Gasteiger partial charge in [-0.2, -0.15) is 0 Å². The number of hydrogen-bond donors (Lipinski definition) is 0. The predicted octanol–water partition coefficient (Wildman–Crippen LogP) is 8.74. The molecule has 6 nitrogen and oxygen atoms in total. The van der Waals surface area contributed by atoms with Gasteiger partial charge in [0, 0.05) is 21.5 Å². The smallest absolute Gasteiger partial charge is 0.267 e.